The molecule has 1 atom stereocenters. The summed E-state index contributed by atoms with van der Waals surface area (Å²) in [5.74, 6) is -0.310. The molecule has 2 aromatic rings. The molecule has 1 amide bonds. The maximum Gasteiger partial charge on any atom is 0.271 e. The van der Waals surface area contributed by atoms with Crippen LogP contribution < -0.4 is 10.1 Å². The first kappa shape index (κ1) is 18.4. The van der Waals surface area contributed by atoms with E-state index < -0.39 is 11.0 Å². The fourth-order valence-corrected chi connectivity index (χ4v) is 2.32. The van der Waals surface area contributed by atoms with Crippen LogP contribution in [0.25, 0.3) is 0 Å². The third-order valence-electron chi connectivity index (χ3n) is 3.29. The van der Waals surface area contributed by atoms with Crippen molar-refractivity contribution in [3.63, 3.8) is 0 Å². The quantitative estimate of drug-likeness (QED) is 0.478. The van der Waals surface area contributed by atoms with E-state index in [9.17, 15) is 19.7 Å². The molecule has 7 nitrogen and oxygen atoms in total. The molecule has 1 unspecified atom stereocenters. The number of Topliss-reactive ketones (excluding diaryl/α,β-unsaturated/α-hetero) is 1. The number of halogens is 1. The highest BCUT2D eigenvalue weighted by Gasteiger charge is 2.19. The summed E-state index contributed by atoms with van der Waals surface area (Å²) in [5.41, 5.74) is 0.820. The van der Waals surface area contributed by atoms with Crippen LogP contribution in [0.5, 0.6) is 5.75 Å². The minimum Gasteiger partial charge on any atom is -0.481 e. The largest absolute Gasteiger partial charge is 0.481 e. The van der Waals surface area contributed by atoms with Crippen LogP contribution in [0, 0.1) is 10.1 Å². The summed E-state index contributed by atoms with van der Waals surface area (Å²) in [6.45, 7) is 2.95. The molecule has 0 bridgehead atoms. The van der Waals surface area contributed by atoms with E-state index in [-0.39, 0.29) is 28.1 Å². The predicted molar refractivity (Wildman–Crippen MR) is 93.3 cm³/mol. The maximum atomic E-state index is 12.4. The van der Waals surface area contributed by atoms with Crippen molar-refractivity contribution >= 4 is 34.7 Å². The smallest absolute Gasteiger partial charge is 0.271 e. The molecular weight excluding hydrogens is 348 g/mol. The SMILES string of the molecule is CC(=O)Nc1ccc(C(=O)C(C)Oc2ccc([N+](=O)[O-])cc2Cl)cc1. The van der Waals surface area contributed by atoms with Crippen molar-refractivity contribution in [2.75, 3.05) is 5.32 Å². The average Bonchev–Trinajstić information content (AvgIpc) is 2.56. The van der Waals surface area contributed by atoms with Crippen molar-refractivity contribution in [3.05, 3.63) is 63.2 Å². The van der Waals surface area contributed by atoms with Gasteiger partial charge in [-0.05, 0) is 37.3 Å². The van der Waals surface area contributed by atoms with Crippen LogP contribution in [0.15, 0.2) is 42.5 Å². The zero-order valence-electron chi connectivity index (χ0n) is 13.5. The highest BCUT2D eigenvalue weighted by atomic mass is 35.5. The molecular formula is C17H15ClN2O5. The molecule has 25 heavy (non-hydrogen) atoms. The van der Waals surface area contributed by atoms with Crippen molar-refractivity contribution < 1.29 is 19.2 Å². The van der Waals surface area contributed by atoms with E-state index in [4.69, 9.17) is 16.3 Å². The molecule has 0 saturated heterocycles. The number of amides is 1. The van der Waals surface area contributed by atoms with Crippen LogP contribution >= 0.6 is 11.6 Å². The van der Waals surface area contributed by atoms with E-state index in [1.165, 1.54) is 19.1 Å². The summed E-state index contributed by atoms with van der Waals surface area (Å²) in [6, 6.07) is 10.1. The maximum absolute atomic E-state index is 12.4. The zero-order valence-corrected chi connectivity index (χ0v) is 14.2. The molecule has 0 fully saturated rings. The van der Waals surface area contributed by atoms with Crippen molar-refractivity contribution in [1.82, 2.24) is 0 Å². The van der Waals surface area contributed by atoms with Gasteiger partial charge in [0.1, 0.15) is 5.75 Å². The molecule has 8 heteroatoms. The number of benzene rings is 2. The molecule has 0 spiro atoms. The van der Waals surface area contributed by atoms with Gasteiger partial charge in [0, 0.05) is 30.3 Å². The van der Waals surface area contributed by atoms with Gasteiger partial charge < -0.3 is 10.1 Å². The predicted octanol–water partition coefficient (Wildman–Crippen LogP) is 3.86. The summed E-state index contributed by atoms with van der Waals surface area (Å²) in [5, 5.41) is 13.4. The van der Waals surface area contributed by atoms with Crippen LogP contribution in [0.3, 0.4) is 0 Å². The molecule has 2 aromatic carbocycles. The van der Waals surface area contributed by atoms with E-state index in [2.05, 4.69) is 5.32 Å². The number of ketones is 1. The lowest BCUT2D eigenvalue weighted by atomic mass is 10.1. The Balaban J connectivity index is 2.09. The molecule has 0 heterocycles. The molecule has 0 aromatic heterocycles. The summed E-state index contributed by atoms with van der Waals surface area (Å²) >= 11 is 5.96. The second-order valence-electron chi connectivity index (χ2n) is 5.25. The van der Waals surface area contributed by atoms with Crippen molar-refractivity contribution in [2.24, 2.45) is 0 Å². The number of nitrogens with one attached hydrogen (secondary N) is 1. The van der Waals surface area contributed by atoms with Gasteiger partial charge in [-0.3, -0.25) is 19.7 Å². The van der Waals surface area contributed by atoms with E-state index >= 15 is 0 Å². The fourth-order valence-electron chi connectivity index (χ4n) is 2.10. The summed E-state index contributed by atoms with van der Waals surface area (Å²) in [6.07, 6.45) is -0.842. The van der Waals surface area contributed by atoms with Gasteiger partial charge in [0.25, 0.3) is 5.69 Å². The number of carbonyl (C=O) groups is 2. The molecule has 1 N–H and O–H groups in total. The molecule has 0 aliphatic rings. The van der Waals surface area contributed by atoms with Gasteiger partial charge in [-0.25, -0.2) is 0 Å². The lowest BCUT2D eigenvalue weighted by molar-refractivity contribution is -0.384. The second-order valence-corrected chi connectivity index (χ2v) is 5.66. The number of nitro groups is 1. The Morgan fingerprint density at radius 3 is 2.36 bits per heavy atom. The first-order valence-corrected chi connectivity index (χ1v) is 7.68. The first-order valence-electron chi connectivity index (χ1n) is 7.30. The number of hydrogen-bond donors (Lipinski definition) is 1. The van der Waals surface area contributed by atoms with Gasteiger partial charge in [-0.15, -0.1) is 0 Å². The zero-order chi connectivity index (χ0) is 18.6. The average molecular weight is 363 g/mol. The monoisotopic (exact) mass is 362 g/mol. The Morgan fingerprint density at radius 2 is 1.84 bits per heavy atom. The Morgan fingerprint density at radius 1 is 1.20 bits per heavy atom. The first-order chi connectivity index (χ1) is 11.8. The van der Waals surface area contributed by atoms with Gasteiger partial charge >= 0.3 is 0 Å². The number of hydrogen-bond acceptors (Lipinski definition) is 5. The number of rotatable bonds is 6. The van der Waals surface area contributed by atoms with Crippen LogP contribution in [-0.4, -0.2) is 22.7 Å². The molecule has 0 radical (unpaired) electrons. The minimum atomic E-state index is -0.842. The Labute approximate surface area is 148 Å². The highest BCUT2D eigenvalue weighted by molar-refractivity contribution is 6.32. The molecule has 2 rings (SSSR count). The third kappa shape index (κ3) is 4.77. The third-order valence-corrected chi connectivity index (χ3v) is 3.58. The minimum absolute atomic E-state index is 0.0508. The fraction of sp³-hybridized carbons (Fsp3) is 0.176. The standard InChI is InChI=1S/C17H15ClN2O5/c1-10(25-16-8-7-14(20(23)24)9-15(16)18)17(22)12-3-5-13(6-4-12)19-11(2)21/h3-10H,1-2H3,(H,19,21). The summed E-state index contributed by atoms with van der Waals surface area (Å²) in [7, 11) is 0. The van der Waals surface area contributed by atoms with Crippen molar-refractivity contribution in [1.29, 1.82) is 0 Å². The van der Waals surface area contributed by atoms with Crippen molar-refractivity contribution in [3.8, 4) is 5.75 Å². The molecule has 0 aliphatic heterocycles. The van der Waals surface area contributed by atoms with Crippen LogP contribution in [0.2, 0.25) is 5.02 Å². The molecule has 0 aliphatic carbocycles. The highest BCUT2D eigenvalue weighted by Crippen LogP contribution is 2.29. The van der Waals surface area contributed by atoms with Crippen LogP contribution in [0.1, 0.15) is 24.2 Å². The van der Waals surface area contributed by atoms with Gasteiger partial charge in [-0.2, -0.15) is 0 Å². The molecule has 0 saturated carbocycles. The Kier molecular flexibility index (Phi) is 5.71. The number of ether oxygens (including phenoxy) is 1. The van der Waals surface area contributed by atoms with E-state index in [1.54, 1.807) is 31.2 Å². The molecule has 130 valence electrons. The lowest BCUT2D eigenvalue weighted by Crippen LogP contribution is -2.24. The van der Waals surface area contributed by atoms with E-state index in [1.807, 2.05) is 0 Å². The van der Waals surface area contributed by atoms with Gasteiger partial charge in [0.05, 0.1) is 9.95 Å². The Bertz CT molecular complexity index is 820. The number of anilines is 1. The number of nitrogens with zero attached hydrogens (tertiary/aromatic N) is 1. The topological polar surface area (TPSA) is 98.5 Å². The second kappa shape index (κ2) is 7.76. The lowest BCUT2D eigenvalue weighted by Gasteiger charge is -2.15. The van der Waals surface area contributed by atoms with E-state index in [0.717, 1.165) is 6.07 Å². The Hall–Kier alpha value is -2.93. The van der Waals surface area contributed by atoms with Crippen LogP contribution in [-0.2, 0) is 4.79 Å². The van der Waals surface area contributed by atoms with Gasteiger partial charge in [-0.1, -0.05) is 11.6 Å². The van der Waals surface area contributed by atoms with Gasteiger partial charge in [0.2, 0.25) is 11.7 Å². The van der Waals surface area contributed by atoms with E-state index in [0.29, 0.717) is 11.3 Å². The number of carbonyl (C=O) groups excluding carboxylic acids is 2. The summed E-state index contributed by atoms with van der Waals surface area (Å²) in [4.78, 5) is 33.5. The number of non-ortho nitro benzene ring substituents is 1. The summed E-state index contributed by atoms with van der Waals surface area (Å²) < 4.78 is 5.52. The number of nitro benzene ring substituents is 1. The van der Waals surface area contributed by atoms with Gasteiger partial charge in [0.15, 0.2) is 6.10 Å². The van der Waals surface area contributed by atoms with Crippen LogP contribution in [0.4, 0.5) is 11.4 Å². The van der Waals surface area contributed by atoms with Crippen molar-refractivity contribution in [2.45, 2.75) is 20.0 Å². The normalized spacial score (nSPS) is 11.5.